The molecule has 3 aromatic rings. The van der Waals surface area contributed by atoms with E-state index in [2.05, 4.69) is 20.8 Å². The molecule has 3 atom stereocenters. The van der Waals surface area contributed by atoms with E-state index in [9.17, 15) is 14.4 Å². The Morgan fingerprint density at radius 1 is 0.974 bits per heavy atom. The van der Waals surface area contributed by atoms with Crippen LogP contribution in [0.2, 0.25) is 0 Å². The van der Waals surface area contributed by atoms with E-state index in [4.69, 9.17) is 4.42 Å². The molecule has 0 spiro atoms. The van der Waals surface area contributed by atoms with Crippen LogP contribution >= 0.6 is 11.8 Å². The van der Waals surface area contributed by atoms with E-state index >= 15 is 0 Å². The second kappa shape index (κ2) is 12.9. The van der Waals surface area contributed by atoms with Gasteiger partial charge in [0.25, 0.3) is 11.1 Å². The van der Waals surface area contributed by atoms with Crippen molar-refractivity contribution in [2.45, 2.75) is 63.1 Å². The minimum Gasteiger partial charge on any atom is -0.415 e. The van der Waals surface area contributed by atoms with Gasteiger partial charge in [0.05, 0.1) is 5.92 Å². The normalized spacial score (nSPS) is 18.1. The van der Waals surface area contributed by atoms with E-state index in [0.717, 1.165) is 24.0 Å². The second-order valence-corrected chi connectivity index (χ2v) is 10.8. The maximum absolute atomic E-state index is 13.3. The molecule has 1 heterocycles. The number of hydrogen-bond donors (Lipinski definition) is 2. The fraction of sp³-hybridized carbons (Fsp3) is 0.414. The number of nitrogens with zero attached hydrogens (tertiary/aromatic N) is 2. The van der Waals surface area contributed by atoms with Gasteiger partial charge in [-0.2, -0.15) is 0 Å². The minimum absolute atomic E-state index is 0.181. The zero-order valence-electron chi connectivity index (χ0n) is 22.0. The fourth-order valence-corrected chi connectivity index (χ4v) is 5.14. The molecule has 3 amide bonds. The maximum Gasteiger partial charge on any atom is 0.276 e. The summed E-state index contributed by atoms with van der Waals surface area (Å²) in [5.41, 5.74) is 2.63. The van der Waals surface area contributed by atoms with Crippen LogP contribution in [0.3, 0.4) is 0 Å². The van der Waals surface area contributed by atoms with Crippen molar-refractivity contribution in [2.75, 3.05) is 6.26 Å². The van der Waals surface area contributed by atoms with E-state index in [1.54, 1.807) is 12.1 Å². The lowest BCUT2D eigenvalue weighted by molar-refractivity contribution is -0.135. The fourth-order valence-electron chi connectivity index (χ4n) is 4.85. The number of hydrogen-bond acceptors (Lipinski definition) is 7. The Balaban J connectivity index is 1.42. The summed E-state index contributed by atoms with van der Waals surface area (Å²) in [6, 6.07) is 17.0. The molecule has 2 N–H and O–H groups in total. The largest absolute Gasteiger partial charge is 0.415 e. The summed E-state index contributed by atoms with van der Waals surface area (Å²) < 4.78 is 5.61. The predicted molar refractivity (Wildman–Crippen MR) is 147 cm³/mol. The van der Waals surface area contributed by atoms with Crippen molar-refractivity contribution in [3.8, 4) is 11.1 Å². The van der Waals surface area contributed by atoms with Crippen molar-refractivity contribution in [3.63, 3.8) is 0 Å². The molecule has 8 nitrogen and oxygen atoms in total. The second-order valence-electron chi connectivity index (χ2n) is 10.1. The maximum atomic E-state index is 13.3. The van der Waals surface area contributed by atoms with E-state index in [0.29, 0.717) is 30.0 Å². The van der Waals surface area contributed by atoms with E-state index in [1.165, 1.54) is 11.8 Å². The van der Waals surface area contributed by atoms with Crippen LogP contribution < -0.4 is 10.6 Å². The molecule has 1 fully saturated rings. The number of carbonyl (C=O) groups excluding carboxylic acids is 3. The van der Waals surface area contributed by atoms with Crippen molar-refractivity contribution in [1.82, 2.24) is 20.8 Å². The summed E-state index contributed by atoms with van der Waals surface area (Å²) >= 11 is 1.30. The molecule has 2 aromatic carbocycles. The van der Waals surface area contributed by atoms with Gasteiger partial charge in [0.2, 0.25) is 17.7 Å². The number of thioether (sulfide) groups is 1. The monoisotopic (exact) mass is 534 g/mol. The summed E-state index contributed by atoms with van der Waals surface area (Å²) in [5.74, 6) is -1.88. The summed E-state index contributed by atoms with van der Waals surface area (Å²) in [7, 11) is 0. The molecule has 0 radical (unpaired) electrons. The molecule has 0 aliphatic heterocycles. The number of carbonyl (C=O) groups is 3. The Morgan fingerprint density at radius 3 is 2.32 bits per heavy atom. The van der Waals surface area contributed by atoms with Crippen LogP contribution in [-0.4, -0.2) is 40.2 Å². The van der Waals surface area contributed by atoms with E-state index in [-0.39, 0.29) is 29.7 Å². The van der Waals surface area contributed by atoms with Crippen LogP contribution in [0.4, 0.5) is 0 Å². The van der Waals surface area contributed by atoms with Gasteiger partial charge in [-0.15, -0.1) is 10.2 Å². The molecule has 4 rings (SSSR count). The zero-order chi connectivity index (χ0) is 27.1. The average Bonchev–Trinajstić information content (AvgIpc) is 3.41. The number of amides is 3. The van der Waals surface area contributed by atoms with Crippen LogP contribution in [0.1, 0.15) is 68.1 Å². The van der Waals surface area contributed by atoms with Crippen molar-refractivity contribution >= 4 is 29.5 Å². The molecular weight excluding hydrogens is 500 g/mol. The third-order valence-corrected chi connectivity index (χ3v) is 7.35. The van der Waals surface area contributed by atoms with Crippen molar-refractivity contribution < 1.29 is 18.8 Å². The molecular formula is C29H34N4O4S. The predicted octanol–water partition coefficient (Wildman–Crippen LogP) is 5.22. The van der Waals surface area contributed by atoms with Gasteiger partial charge in [-0.1, -0.05) is 80.9 Å². The molecule has 38 heavy (non-hydrogen) atoms. The van der Waals surface area contributed by atoms with Crippen LogP contribution in [0, 0.1) is 11.8 Å². The third-order valence-electron chi connectivity index (χ3n) is 6.84. The number of benzene rings is 2. The first-order valence-electron chi connectivity index (χ1n) is 13.0. The quantitative estimate of drug-likeness (QED) is 0.362. The van der Waals surface area contributed by atoms with E-state index < -0.39 is 17.7 Å². The Labute approximate surface area is 227 Å². The Kier molecular flexibility index (Phi) is 9.33. The smallest absolute Gasteiger partial charge is 0.276 e. The molecule has 0 unspecified atom stereocenters. The van der Waals surface area contributed by atoms with Gasteiger partial charge in [0.1, 0.15) is 5.92 Å². The third kappa shape index (κ3) is 6.89. The topological polar surface area (TPSA) is 114 Å². The highest BCUT2D eigenvalue weighted by molar-refractivity contribution is 7.98. The highest BCUT2D eigenvalue weighted by Crippen LogP contribution is 2.28. The highest BCUT2D eigenvalue weighted by Gasteiger charge is 2.35. The van der Waals surface area contributed by atoms with Crippen molar-refractivity contribution in [3.05, 3.63) is 66.1 Å². The number of rotatable bonds is 9. The molecule has 0 bridgehead atoms. The lowest BCUT2D eigenvalue weighted by atomic mass is 9.83. The van der Waals surface area contributed by atoms with Gasteiger partial charge in [-0.25, -0.2) is 0 Å². The summed E-state index contributed by atoms with van der Waals surface area (Å²) in [6.07, 6.45) is 5.33. The Morgan fingerprint density at radius 2 is 1.66 bits per heavy atom. The van der Waals surface area contributed by atoms with Crippen molar-refractivity contribution in [2.24, 2.45) is 11.8 Å². The average molecular weight is 535 g/mol. The summed E-state index contributed by atoms with van der Waals surface area (Å²) in [5, 5.41) is 14.0. The SMILES string of the molecule is CSc1nnc([C@H](CC(C)C)C(=O)NC(=O)[C@@H]2CCCC[C@@H]2NC(=O)c2ccc(-c3ccccc3)cc2)o1. The lowest BCUT2D eigenvalue weighted by Crippen LogP contribution is -2.50. The van der Waals surface area contributed by atoms with E-state index in [1.807, 2.05) is 62.6 Å². The van der Waals surface area contributed by atoms with Gasteiger partial charge >= 0.3 is 0 Å². The highest BCUT2D eigenvalue weighted by atomic mass is 32.2. The first kappa shape index (κ1) is 27.6. The van der Waals surface area contributed by atoms with Gasteiger partial charge in [0, 0.05) is 11.6 Å². The summed E-state index contributed by atoms with van der Waals surface area (Å²) in [4.78, 5) is 39.5. The van der Waals surface area contributed by atoms with Crippen LogP contribution in [0.25, 0.3) is 11.1 Å². The Hall–Kier alpha value is -3.46. The first-order chi connectivity index (χ1) is 18.4. The van der Waals surface area contributed by atoms with Gasteiger partial charge in [0.15, 0.2) is 0 Å². The number of imide groups is 1. The van der Waals surface area contributed by atoms with Crippen LogP contribution in [0.5, 0.6) is 0 Å². The molecule has 1 saturated carbocycles. The molecule has 1 aliphatic rings. The molecule has 9 heteroatoms. The minimum atomic E-state index is -0.716. The standard InChI is InChI=1S/C29H34N4O4S/c1-18(2)17-23(28-32-33-29(37-28)38-3)27(36)31-26(35)22-11-7-8-12-24(22)30-25(34)21-15-13-20(14-16-21)19-9-5-4-6-10-19/h4-6,9-10,13-16,18,22-24H,7-8,11-12,17H2,1-3H3,(H,30,34)(H,31,35,36)/t22-,23-,24+/m1/s1. The van der Waals surface area contributed by atoms with Crippen LogP contribution in [-0.2, 0) is 9.59 Å². The summed E-state index contributed by atoms with van der Waals surface area (Å²) in [6.45, 7) is 3.99. The van der Waals surface area contributed by atoms with Crippen molar-refractivity contribution in [1.29, 1.82) is 0 Å². The van der Waals surface area contributed by atoms with Gasteiger partial charge < -0.3 is 9.73 Å². The molecule has 0 saturated heterocycles. The first-order valence-corrected chi connectivity index (χ1v) is 14.3. The van der Waals surface area contributed by atoms with Gasteiger partial charge in [-0.05, 0) is 54.7 Å². The number of aromatic nitrogens is 2. The zero-order valence-corrected chi connectivity index (χ0v) is 22.8. The Bertz CT molecular complexity index is 1240. The molecule has 200 valence electrons. The lowest BCUT2D eigenvalue weighted by Gasteiger charge is -2.31. The van der Waals surface area contributed by atoms with Crippen LogP contribution in [0.15, 0.2) is 64.2 Å². The number of nitrogens with one attached hydrogen (secondary N) is 2. The van der Waals surface area contributed by atoms with Gasteiger partial charge in [-0.3, -0.25) is 19.7 Å². The molecule has 1 aliphatic carbocycles. The molecule has 1 aromatic heterocycles.